The van der Waals surface area contributed by atoms with Gasteiger partial charge in [-0.15, -0.1) is 0 Å². The molecule has 1 aromatic rings. The molecular formula is C14H18N4O5. The molecule has 0 radical (unpaired) electrons. The number of nitrogens with zero attached hydrogens (tertiary/aromatic N) is 1. The molecule has 9 nitrogen and oxygen atoms in total. The van der Waals surface area contributed by atoms with Gasteiger partial charge in [-0.2, -0.15) is 0 Å². The largest absolute Gasteiger partial charge is 0.463 e. The molecule has 1 unspecified atom stereocenters. The quantitative estimate of drug-likeness (QED) is 0.684. The maximum atomic E-state index is 12.5. The van der Waals surface area contributed by atoms with Gasteiger partial charge in [0.05, 0.1) is 0 Å². The molecule has 23 heavy (non-hydrogen) atoms. The summed E-state index contributed by atoms with van der Waals surface area (Å²) in [6.45, 7) is 4.69. The molecule has 1 aromatic heterocycles. The number of amides is 6. The Labute approximate surface area is 132 Å². The lowest BCUT2D eigenvalue weighted by Gasteiger charge is -2.18. The van der Waals surface area contributed by atoms with E-state index in [1.54, 1.807) is 26.0 Å². The van der Waals surface area contributed by atoms with Gasteiger partial charge < -0.3 is 15.1 Å². The molecule has 1 aliphatic rings. The summed E-state index contributed by atoms with van der Waals surface area (Å²) in [6, 6.07) is 1.85. The Kier molecular flexibility index (Phi) is 4.39. The predicted molar refractivity (Wildman–Crippen MR) is 78.3 cm³/mol. The molecule has 1 atom stereocenters. The van der Waals surface area contributed by atoms with Crippen molar-refractivity contribution < 1.29 is 23.6 Å². The summed E-state index contributed by atoms with van der Waals surface area (Å²) >= 11 is 0. The third kappa shape index (κ3) is 3.17. The molecule has 9 heteroatoms. The second-order valence-electron chi connectivity index (χ2n) is 5.26. The Bertz CT molecular complexity index is 668. The van der Waals surface area contributed by atoms with E-state index in [2.05, 4.69) is 10.6 Å². The Hall–Kier alpha value is -2.84. The highest BCUT2D eigenvalue weighted by molar-refractivity contribution is 6.09. The zero-order valence-electron chi connectivity index (χ0n) is 13.1. The zero-order chi connectivity index (χ0) is 17.2. The Morgan fingerprint density at radius 3 is 2.61 bits per heavy atom. The summed E-state index contributed by atoms with van der Waals surface area (Å²) in [5, 5.41) is 6.92. The van der Waals surface area contributed by atoms with Crippen LogP contribution in [-0.2, 0) is 15.1 Å². The minimum absolute atomic E-state index is 0.278. The molecule has 0 bridgehead atoms. The number of aryl methyl sites for hydroxylation is 1. The number of furan rings is 1. The second-order valence-corrected chi connectivity index (χ2v) is 5.26. The van der Waals surface area contributed by atoms with Crippen LogP contribution < -0.4 is 16.0 Å². The van der Waals surface area contributed by atoms with Gasteiger partial charge >= 0.3 is 12.1 Å². The molecule has 0 saturated carbocycles. The smallest absolute Gasteiger partial charge is 0.325 e. The van der Waals surface area contributed by atoms with Crippen molar-refractivity contribution in [3.63, 3.8) is 0 Å². The SMILES string of the molecule is CCNC(=O)NC(=O)CN1C(=O)NC(C)(c2ccc(C)o2)C1=O. The number of rotatable bonds is 4. The van der Waals surface area contributed by atoms with Gasteiger partial charge in [0.15, 0.2) is 5.54 Å². The standard InChI is InChI=1S/C14H18N4O5/c1-4-15-12(21)16-10(19)7-18-11(20)14(3,17-13(18)22)9-6-5-8(2)23-9/h5-6H,4,7H2,1-3H3,(H,17,22)(H2,15,16,19,21). The number of urea groups is 2. The molecule has 1 fully saturated rings. The van der Waals surface area contributed by atoms with Crippen LogP contribution in [0.15, 0.2) is 16.5 Å². The lowest BCUT2D eigenvalue weighted by Crippen LogP contribution is -2.46. The van der Waals surface area contributed by atoms with Crippen molar-refractivity contribution in [3.05, 3.63) is 23.7 Å². The van der Waals surface area contributed by atoms with E-state index in [-0.39, 0.29) is 5.76 Å². The van der Waals surface area contributed by atoms with E-state index < -0.39 is 36.0 Å². The fraction of sp³-hybridized carbons (Fsp3) is 0.429. The first-order valence-corrected chi connectivity index (χ1v) is 7.06. The number of imide groups is 2. The molecule has 2 rings (SSSR count). The van der Waals surface area contributed by atoms with Crippen molar-refractivity contribution in [2.75, 3.05) is 13.1 Å². The minimum Gasteiger partial charge on any atom is -0.463 e. The van der Waals surface area contributed by atoms with Gasteiger partial charge in [0, 0.05) is 6.54 Å². The van der Waals surface area contributed by atoms with Crippen LogP contribution in [0.25, 0.3) is 0 Å². The fourth-order valence-electron chi connectivity index (χ4n) is 2.23. The number of carbonyl (C=O) groups excluding carboxylic acids is 4. The number of carbonyl (C=O) groups is 4. The average Bonchev–Trinajstić information content (AvgIpc) is 2.98. The molecule has 2 heterocycles. The van der Waals surface area contributed by atoms with Gasteiger partial charge in [0.1, 0.15) is 18.1 Å². The van der Waals surface area contributed by atoms with Crippen molar-refractivity contribution in [3.8, 4) is 0 Å². The van der Waals surface area contributed by atoms with Gasteiger partial charge in [0.25, 0.3) is 5.91 Å². The molecule has 0 aromatic carbocycles. The minimum atomic E-state index is -1.38. The normalized spacial score (nSPS) is 20.4. The second kappa shape index (κ2) is 6.11. The van der Waals surface area contributed by atoms with Gasteiger partial charge in [0.2, 0.25) is 5.91 Å². The van der Waals surface area contributed by atoms with E-state index in [4.69, 9.17) is 4.42 Å². The maximum absolute atomic E-state index is 12.5. The van der Waals surface area contributed by atoms with E-state index in [9.17, 15) is 19.2 Å². The van der Waals surface area contributed by atoms with Crippen LogP contribution in [0.4, 0.5) is 9.59 Å². The van der Waals surface area contributed by atoms with Crippen molar-refractivity contribution in [2.24, 2.45) is 0 Å². The molecule has 3 N–H and O–H groups in total. The Morgan fingerprint density at radius 2 is 2.04 bits per heavy atom. The molecule has 124 valence electrons. The summed E-state index contributed by atoms with van der Waals surface area (Å²) in [5.41, 5.74) is -1.38. The van der Waals surface area contributed by atoms with Crippen molar-refractivity contribution in [2.45, 2.75) is 26.3 Å². The summed E-state index contributed by atoms with van der Waals surface area (Å²) < 4.78 is 5.41. The van der Waals surface area contributed by atoms with Crippen LogP contribution >= 0.6 is 0 Å². The van der Waals surface area contributed by atoms with Crippen LogP contribution in [0.3, 0.4) is 0 Å². The molecule has 1 aliphatic heterocycles. The highest BCUT2D eigenvalue weighted by atomic mass is 16.3. The first-order chi connectivity index (χ1) is 10.8. The third-order valence-electron chi connectivity index (χ3n) is 3.40. The number of hydrogen-bond donors (Lipinski definition) is 3. The highest BCUT2D eigenvalue weighted by Gasteiger charge is 2.51. The molecular weight excluding hydrogens is 304 g/mol. The third-order valence-corrected chi connectivity index (χ3v) is 3.40. The van der Waals surface area contributed by atoms with E-state index in [0.717, 1.165) is 4.90 Å². The summed E-state index contributed by atoms with van der Waals surface area (Å²) in [4.78, 5) is 48.3. The number of nitrogens with one attached hydrogen (secondary N) is 3. The van der Waals surface area contributed by atoms with Gasteiger partial charge in [-0.25, -0.2) is 9.59 Å². The molecule has 6 amide bonds. The van der Waals surface area contributed by atoms with Crippen LogP contribution in [-0.4, -0.2) is 41.9 Å². The summed E-state index contributed by atoms with van der Waals surface area (Å²) in [7, 11) is 0. The van der Waals surface area contributed by atoms with Crippen LogP contribution in [0.1, 0.15) is 25.4 Å². The maximum Gasteiger partial charge on any atom is 0.325 e. The summed E-state index contributed by atoms with van der Waals surface area (Å²) in [6.07, 6.45) is 0. The van der Waals surface area contributed by atoms with Gasteiger partial charge in [-0.05, 0) is 32.9 Å². The topological polar surface area (TPSA) is 121 Å². The predicted octanol–water partition coefficient (Wildman–Crippen LogP) is 0.201. The van der Waals surface area contributed by atoms with E-state index in [0.29, 0.717) is 12.3 Å². The monoisotopic (exact) mass is 322 g/mol. The van der Waals surface area contributed by atoms with Crippen molar-refractivity contribution in [1.82, 2.24) is 20.9 Å². The lowest BCUT2D eigenvalue weighted by molar-refractivity contribution is -0.135. The van der Waals surface area contributed by atoms with Crippen LogP contribution in [0.2, 0.25) is 0 Å². The van der Waals surface area contributed by atoms with Gasteiger partial charge in [-0.3, -0.25) is 19.8 Å². The van der Waals surface area contributed by atoms with E-state index in [1.165, 1.54) is 6.92 Å². The first-order valence-electron chi connectivity index (χ1n) is 7.06. The highest BCUT2D eigenvalue weighted by Crippen LogP contribution is 2.29. The average molecular weight is 322 g/mol. The Balaban J connectivity index is 2.10. The zero-order valence-corrected chi connectivity index (χ0v) is 13.1. The molecule has 0 spiro atoms. The summed E-state index contributed by atoms with van der Waals surface area (Å²) in [5.74, 6) is -0.516. The van der Waals surface area contributed by atoms with Crippen molar-refractivity contribution in [1.29, 1.82) is 0 Å². The van der Waals surface area contributed by atoms with Crippen LogP contribution in [0.5, 0.6) is 0 Å². The van der Waals surface area contributed by atoms with Crippen LogP contribution in [0, 0.1) is 6.92 Å². The van der Waals surface area contributed by atoms with Gasteiger partial charge in [-0.1, -0.05) is 0 Å². The molecule has 0 aliphatic carbocycles. The lowest BCUT2D eigenvalue weighted by atomic mass is 9.99. The molecule has 1 saturated heterocycles. The fourth-order valence-corrected chi connectivity index (χ4v) is 2.23. The number of hydrogen-bond acceptors (Lipinski definition) is 5. The van der Waals surface area contributed by atoms with Crippen molar-refractivity contribution >= 4 is 23.9 Å². The van der Waals surface area contributed by atoms with E-state index in [1.807, 2.05) is 5.32 Å². The van der Waals surface area contributed by atoms with E-state index >= 15 is 0 Å². The Morgan fingerprint density at radius 1 is 1.35 bits per heavy atom. The first kappa shape index (κ1) is 16.5.